The topological polar surface area (TPSA) is 55.1 Å². The first-order chi connectivity index (χ1) is 5.16. The zero-order chi connectivity index (χ0) is 8.69. The van der Waals surface area contributed by atoms with Gasteiger partial charge in [-0.05, 0) is 17.4 Å². The second kappa shape index (κ2) is 6.49. The third-order valence-electron chi connectivity index (χ3n) is 1.16. The molecule has 0 aliphatic heterocycles. The number of hydrogen-bond acceptors (Lipinski definition) is 3. The maximum Gasteiger partial charge on any atom is 0.233 e. The molecule has 1 amide bonds. The first kappa shape index (κ1) is 10.8. The Balaban J connectivity index is 3.08. The number of hydrazine groups is 1. The van der Waals surface area contributed by atoms with E-state index in [1.54, 1.807) is 0 Å². The summed E-state index contributed by atoms with van der Waals surface area (Å²) in [6.45, 7) is 4.29. The van der Waals surface area contributed by atoms with Crippen LogP contribution >= 0.6 is 11.8 Å². The Morgan fingerprint density at radius 3 is 2.73 bits per heavy atom. The molecule has 0 fully saturated rings. The number of amides is 1. The molecule has 0 atom stereocenters. The highest BCUT2D eigenvalue weighted by Crippen LogP contribution is 2.10. The van der Waals surface area contributed by atoms with Crippen LogP contribution in [0.1, 0.15) is 26.7 Å². The summed E-state index contributed by atoms with van der Waals surface area (Å²) in [6, 6.07) is 0. The highest BCUT2D eigenvalue weighted by molar-refractivity contribution is 7.99. The smallest absolute Gasteiger partial charge is 0.233 e. The Morgan fingerprint density at radius 2 is 2.27 bits per heavy atom. The molecule has 0 spiro atoms. The summed E-state index contributed by atoms with van der Waals surface area (Å²) in [7, 11) is 0. The zero-order valence-electron chi connectivity index (χ0n) is 7.09. The fourth-order valence-corrected chi connectivity index (χ4v) is 1.41. The van der Waals surface area contributed by atoms with Crippen molar-refractivity contribution in [3.05, 3.63) is 0 Å². The van der Waals surface area contributed by atoms with Crippen LogP contribution in [0.2, 0.25) is 0 Å². The largest absolute Gasteiger partial charge is 0.294 e. The van der Waals surface area contributed by atoms with E-state index in [1.807, 2.05) is 11.8 Å². The minimum Gasteiger partial charge on any atom is -0.294 e. The van der Waals surface area contributed by atoms with Gasteiger partial charge < -0.3 is 0 Å². The Kier molecular flexibility index (Phi) is 6.36. The van der Waals surface area contributed by atoms with Gasteiger partial charge in [0, 0.05) is 6.42 Å². The molecule has 0 aromatic rings. The summed E-state index contributed by atoms with van der Waals surface area (Å²) in [5, 5.41) is 0.649. The molecule has 0 saturated heterocycles. The quantitative estimate of drug-likeness (QED) is 0.283. The van der Waals surface area contributed by atoms with E-state index in [0.29, 0.717) is 11.7 Å². The molecule has 3 nitrogen and oxygen atoms in total. The molecule has 66 valence electrons. The Morgan fingerprint density at radius 1 is 1.64 bits per heavy atom. The Hall–Kier alpha value is -0.220. The van der Waals surface area contributed by atoms with E-state index in [0.717, 1.165) is 12.2 Å². The van der Waals surface area contributed by atoms with Crippen molar-refractivity contribution in [3.63, 3.8) is 0 Å². The first-order valence-electron chi connectivity index (χ1n) is 3.78. The molecular weight excluding hydrogens is 160 g/mol. The minimum absolute atomic E-state index is 0.0747. The summed E-state index contributed by atoms with van der Waals surface area (Å²) in [5.74, 6) is 5.87. The van der Waals surface area contributed by atoms with Crippen molar-refractivity contribution in [1.29, 1.82) is 0 Å². The second-order valence-electron chi connectivity index (χ2n) is 2.59. The summed E-state index contributed by atoms with van der Waals surface area (Å²) < 4.78 is 0. The van der Waals surface area contributed by atoms with E-state index in [-0.39, 0.29) is 5.91 Å². The molecule has 0 radical (unpaired) electrons. The maximum atomic E-state index is 10.6. The van der Waals surface area contributed by atoms with E-state index in [4.69, 9.17) is 5.84 Å². The molecule has 0 aromatic heterocycles. The monoisotopic (exact) mass is 176 g/mol. The van der Waals surface area contributed by atoms with Crippen molar-refractivity contribution < 1.29 is 4.79 Å². The van der Waals surface area contributed by atoms with Gasteiger partial charge in [-0.1, -0.05) is 13.8 Å². The van der Waals surface area contributed by atoms with Crippen LogP contribution in [0, 0.1) is 0 Å². The van der Waals surface area contributed by atoms with Crippen molar-refractivity contribution in [2.24, 2.45) is 5.84 Å². The number of nitrogens with two attached hydrogens (primary N) is 1. The van der Waals surface area contributed by atoms with E-state index < -0.39 is 0 Å². The SMILES string of the molecule is CC(C)SCCCC(=O)NN. The molecule has 0 heterocycles. The lowest BCUT2D eigenvalue weighted by molar-refractivity contribution is -0.121. The third kappa shape index (κ3) is 7.68. The number of thioether (sulfide) groups is 1. The van der Waals surface area contributed by atoms with Crippen LogP contribution < -0.4 is 11.3 Å². The minimum atomic E-state index is -0.0747. The van der Waals surface area contributed by atoms with Gasteiger partial charge in [-0.2, -0.15) is 11.8 Å². The fourth-order valence-electron chi connectivity index (χ4n) is 0.624. The van der Waals surface area contributed by atoms with Crippen molar-refractivity contribution in [1.82, 2.24) is 5.43 Å². The Labute approximate surface area is 72.1 Å². The lowest BCUT2D eigenvalue weighted by Crippen LogP contribution is -2.29. The first-order valence-corrected chi connectivity index (χ1v) is 4.82. The summed E-state index contributed by atoms with van der Waals surface area (Å²) in [6.07, 6.45) is 1.45. The molecule has 0 aliphatic carbocycles. The normalized spacial score (nSPS) is 10.2. The number of nitrogens with one attached hydrogen (secondary N) is 1. The van der Waals surface area contributed by atoms with E-state index in [9.17, 15) is 4.79 Å². The van der Waals surface area contributed by atoms with Crippen molar-refractivity contribution >= 4 is 17.7 Å². The van der Waals surface area contributed by atoms with Gasteiger partial charge in [0.25, 0.3) is 0 Å². The predicted octanol–water partition coefficient (Wildman–Crippen LogP) is 0.898. The van der Waals surface area contributed by atoms with Crippen LogP contribution in [0.5, 0.6) is 0 Å². The van der Waals surface area contributed by atoms with Crippen molar-refractivity contribution in [3.8, 4) is 0 Å². The van der Waals surface area contributed by atoms with Gasteiger partial charge >= 0.3 is 0 Å². The van der Waals surface area contributed by atoms with Crippen LogP contribution in [-0.2, 0) is 4.79 Å². The van der Waals surface area contributed by atoms with E-state index in [2.05, 4.69) is 19.3 Å². The van der Waals surface area contributed by atoms with Crippen molar-refractivity contribution in [2.75, 3.05) is 5.75 Å². The number of carbonyl (C=O) groups excluding carboxylic acids is 1. The molecular formula is C7H16N2OS. The summed E-state index contributed by atoms with van der Waals surface area (Å²) in [5.41, 5.74) is 2.10. The van der Waals surface area contributed by atoms with Crippen LogP contribution in [-0.4, -0.2) is 16.9 Å². The predicted molar refractivity (Wildman–Crippen MR) is 49.2 cm³/mol. The molecule has 0 unspecified atom stereocenters. The van der Waals surface area contributed by atoms with Gasteiger partial charge in [-0.3, -0.25) is 10.2 Å². The van der Waals surface area contributed by atoms with Crippen LogP contribution in [0.3, 0.4) is 0 Å². The molecule has 11 heavy (non-hydrogen) atoms. The maximum absolute atomic E-state index is 10.6. The molecule has 0 rings (SSSR count). The van der Waals surface area contributed by atoms with Crippen LogP contribution in [0.4, 0.5) is 0 Å². The standard InChI is InChI=1S/C7H16N2OS/c1-6(2)11-5-3-4-7(10)9-8/h6H,3-5,8H2,1-2H3,(H,9,10). The van der Waals surface area contributed by atoms with Crippen molar-refractivity contribution in [2.45, 2.75) is 31.9 Å². The lowest BCUT2D eigenvalue weighted by Gasteiger charge is -2.03. The van der Waals surface area contributed by atoms with Gasteiger partial charge in [0.1, 0.15) is 0 Å². The molecule has 4 heteroatoms. The average molecular weight is 176 g/mol. The zero-order valence-corrected chi connectivity index (χ0v) is 7.91. The average Bonchev–Trinajstić information content (AvgIpc) is 1.97. The number of hydrogen-bond donors (Lipinski definition) is 2. The molecule has 0 bridgehead atoms. The summed E-state index contributed by atoms with van der Waals surface area (Å²) >= 11 is 1.86. The van der Waals surface area contributed by atoms with Gasteiger partial charge in [-0.15, -0.1) is 0 Å². The van der Waals surface area contributed by atoms with Crippen LogP contribution in [0.25, 0.3) is 0 Å². The lowest BCUT2D eigenvalue weighted by atomic mass is 10.3. The molecule has 0 saturated carbocycles. The third-order valence-corrected chi connectivity index (χ3v) is 2.35. The van der Waals surface area contributed by atoms with Crippen LogP contribution in [0.15, 0.2) is 0 Å². The highest BCUT2D eigenvalue weighted by Gasteiger charge is 1.98. The second-order valence-corrected chi connectivity index (χ2v) is 4.28. The van der Waals surface area contributed by atoms with Gasteiger partial charge in [0.15, 0.2) is 0 Å². The molecule has 0 aliphatic rings. The van der Waals surface area contributed by atoms with Gasteiger partial charge in [-0.25, -0.2) is 5.84 Å². The van der Waals surface area contributed by atoms with Gasteiger partial charge in [0.05, 0.1) is 0 Å². The highest BCUT2D eigenvalue weighted by atomic mass is 32.2. The van der Waals surface area contributed by atoms with E-state index in [1.165, 1.54) is 0 Å². The Bertz CT molecular complexity index is 117. The van der Waals surface area contributed by atoms with Gasteiger partial charge in [0.2, 0.25) is 5.91 Å². The number of rotatable bonds is 5. The molecule has 0 aromatic carbocycles. The van der Waals surface area contributed by atoms with E-state index >= 15 is 0 Å². The number of carbonyl (C=O) groups is 1. The fraction of sp³-hybridized carbons (Fsp3) is 0.857. The summed E-state index contributed by atoms with van der Waals surface area (Å²) in [4.78, 5) is 10.6. The molecule has 3 N–H and O–H groups in total.